The predicted octanol–water partition coefficient (Wildman–Crippen LogP) is -1.18. The van der Waals surface area contributed by atoms with Crippen LogP contribution in [0.15, 0.2) is 16.8 Å². The van der Waals surface area contributed by atoms with Crippen LogP contribution in [-0.2, 0) is 19.3 Å². The van der Waals surface area contributed by atoms with Gasteiger partial charge >= 0.3 is 60.2 Å². The van der Waals surface area contributed by atoms with E-state index in [0.717, 1.165) is 6.04 Å². The average molecular weight is 258 g/mol. The minimum Gasteiger partial charge on any atom is -1.00 e. The van der Waals surface area contributed by atoms with E-state index in [1.54, 1.807) is 32.7 Å². The summed E-state index contributed by atoms with van der Waals surface area (Å²) in [5.41, 5.74) is 1.21. The molecule has 0 aliphatic heterocycles. The van der Waals surface area contributed by atoms with Crippen LogP contribution in [0.25, 0.3) is 0 Å². The van der Waals surface area contributed by atoms with Crippen LogP contribution >= 0.6 is 11.3 Å². The maximum Gasteiger partial charge on any atom is 1.00 e. The summed E-state index contributed by atoms with van der Waals surface area (Å²) in [5.74, 6) is 0. The molecule has 0 aliphatic rings. The van der Waals surface area contributed by atoms with E-state index in [0.29, 0.717) is 0 Å². The summed E-state index contributed by atoms with van der Waals surface area (Å²) < 4.78 is 15.9. The van der Waals surface area contributed by atoms with Gasteiger partial charge in [-0.3, -0.25) is 0 Å². The van der Waals surface area contributed by atoms with Crippen LogP contribution in [0, 0.1) is 0 Å². The first-order valence-electron chi connectivity index (χ1n) is 3.93. The largest absolute Gasteiger partial charge is 1.00 e. The van der Waals surface area contributed by atoms with Crippen LogP contribution < -0.4 is 51.4 Å². The van der Waals surface area contributed by atoms with E-state index in [1.165, 1.54) is 5.56 Å². The van der Waals surface area contributed by atoms with E-state index < -0.39 is 8.80 Å². The summed E-state index contributed by atoms with van der Waals surface area (Å²) in [6, 6.07) is 2.80. The summed E-state index contributed by atoms with van der Waals surface area (Å²) in [6.07, 6.45) is 0. The Kier molecular flexibility index (Phi) is 8.45. The standard InChI is InChI=1S/C8H14O3SSi.K.H/c1-9-13(10-2,11-3)7-8-4-5-12-6-8;;/h4-6H,7H2,1-3H3;;/q;+1;-1. The van der Waals surface area contributed by atoms with Crippen molar-refractivity contribution in [2.75, 3.05) is 21.3 Å². The third kappa shape index (κ3) is 4.13. The SMILES string of the molecule is CO[Si](Cc1ccsc1)(OC)OC.[H-].[K+]. The Morgan fingerprint density at radius 3 is 2.21 bits per heavy atom. The minimum atomic E-state index is -2.42. The molecule has 0 saturated carbocycles. The van der Waals surface area contributed by atoms with Crippen molar-refractivity contribution in [1.29, 1.82) is 0 Å². The fourth-order valence-corrected chi connectivity index (χ4v) is 3.58. The Hall–Kier alpha value is 1.43. The van der Waals surface area contributed by atoms with Crippen molar-refractivity contribution >= 4 is 20.1 Å². The fourth-order valence-electron chi connectivity index (χ4n) is 1.11. The summed E-state index contributed by atoms with van der Waals surface area (Å²) in [4.78, 5) is 0. The van der Waals surface area contributed by atoms with Crippen LogP contribution in [0.1, 0.15) is 6.99 Å². The Morgan fingerprint density at radius 2 is 1.86 bits per heavy atom. The number of rotatable bonds is 5. The van der Waals surface area contributed by atoms with Gasteiger partial charge in [0, 0.05) is 27.4 Å². The molecule has 0 atom stereocenters. The molecule has 3 nitrogen and oxygen atoms in total. The second-order valence-electron chi connectivity index (χ2n) is 2.60. The first-order valence-corrected chi connectivity index (χ1v) is 6.80. The molecule has 0 amide bonds. The van der Waals surface area contributed by atoms with Gasteiger partial charge < -0.3 is 14.7 Å². The fraction of sp³-hybridized carbons (Fsp3) is 0.500. The molecule has 0 spiro atoms. The van der Waals surface area contributed by atoms with Crippen molar-refractivity contribution in [3.63, 3.8) is 0 Å². The van der Waals surface area contributed by atoms with Gasteiger partial charge in [0.25, 0.3) is 0 Å². The maximum atomic E-state index is 5.31. The van der Waals surface area contributed by atoms with E-state index in [-0.39, 0.29) is 52.8 Å². The molecular formula is C8H15KO3SSi. The van der Waals surface area contributed by atoms with Crippen molar-refractivity contribution < 1.29 is 66.1 Å². The molecule has 0 unspecified atom stereocenters. The van der Waals surface area contributed by atoms with E-state index >= 15 is 0 Å². The summed E-state index contributed by atoms with van der Waals surface area (Å²) in [6.45, 7) is 0. The van der Waals surface area contributed by atoms with Gasteiger partial charge in [0.2, 0.25) is 0 Å². The normalized spacial score (nSPS) is 11.1. The zero-order valence-corrected chi connectivity index (χ0v) is 14.0. The van der Waals surface area contributed by atoms with E-state index in [1.807, 2.05) is 5.38 Å². The monoisotopic (exact) mass is 258 g/mol. The van der Waals surface area contributed by atoms with Crippen LogP contribution in [0.4, 0.5) is 0 Å². The van der Waals surface area contributed by atoms with Gasteiger partial charge in [0.05, 0.1) is 0 Å². The van der Waals surface area contributed by atoms with Crippen molar-refractivity contribution in [3.8, 4) is 0 Å². The molecule has 1 aromatic heterocycles. The van der Waals surface area contributed by atoms with Crippen molar-refractivity contribution in [1.82, 2.24) is 0 Å². The Labute approximate surface area is 134 Å². The van der Waals surface area contributed by atoms with Gasteiger partial charge in [0.1, 0.15) is 0 Å². The third-order valence-electron chi connectivity index (χ3n) is 1.93. The molecule has 0 fully saturated rings. The molecule has 0 N–H and O–H groups in total. The van der Waals surface area contributed by atoms with E-state index in [9.17, 15) is 0 Å². The smallest absolute Gasteiger partial charge is 1.00 e. The molecule has 14 heavy (non-hydrogen) atoms. The Balaban J connectivity index is 0. The van der Waals surface area contributed by atoms with Crippen molar-refractivity contribution in [2.24, 2.45) is 0 Å². The minimum absolute atomic E-state index is 0. The molecule has 1 heterocycles. The van der Waals surface area contributed by atoms with Crippen LogP contribution in [0.2, 0.25) is 0 Å². The molecule has 1 rings (SSSR count). The quantitative estimate of drug-likeness (QED) is 0.623. The maximum absolute atomic E-state index is 5.31. The van der Waals surface area contributed by atoms with Gasteiger partial charge in [-0.25, -0.2) is 0 Å². The number of hydrogen-bond donors (Lipinski definition) is 0. The molecule has 6 heteroatoms. The van der Waals surface area contributed by atoms with Gasteiger partial charge in [-0.15, -0.1) is 0 Å². The van der Waals surface area contributed by atoms with Crippen LogP contribution in [-0.4, -0.2) is 30.1 Å². The molecule has 76 valence electrons. The second kappa shape index (κ2) is 7.67. The molecule has 0 bridgehead atoms. The first-order chi connectivity index (χ1) is 6.26. The van der Waals surface area contributed by atoms with Gasteiger partial charge in [0.15, 0.2) is 0 Å². The van der Waals surface area contributed by atoms with Crippen LogP contribution in [0.5, 0.6) is 0 Å². The third-order valence-corrected chi connectivity index (χ3v) is 5.37. The average Bonchev–Trinajstić information content (AvgIpc) is 2.67. The molecule has 0 aromatic carbocycles. The molecular weight excluding hydrogens is 243 g/mol. The van der Waals surface area contributed by atoms with Crippen molar-refractivity contribution in [3.05, 3.63) is 22.4 Å². The summed E-state index contributed by atoms with van der Waals surface area (Å²) >= 11 is 1.67. The van der Waals surface area contributed by atoms with Crippen LogP contribution in [0.3, 0.4) is 0 Å². The van der Waals surface area contributed by atoms with Crippen molar-refractivity contribution in [2.45, 2.75) is 6.04 Å². The summed E-state index contributed by atoms with van der Waals surface area (Å²) in [5, 5.41) is 4.12. The molecule has 1 aromatic rings. The second-order valence-corrected chi connectivity index (χ2v) is 6.33. The van der Waals surface area contributed by atoms with E-state index in [2.05, 4.69) is 11.4 Å². The van der Waals surface area contributed by atoms with Gasteiger partial charge in [-0.05, 0) is 22.4 Å². The summed E-state index contributed by atoms with van der Waals surface area (Å²) in [7, 11) is 2.48. The molecule has 0 saturated heterocycles. The Bertz CT molecular complexity index is 236. The molecule has 0 aliphatic carbocycles. The zero-order valence-electron chi connectivity index (χ0n) is 10.1. The predicted molar refractivity (Wildman–Crippen MR) is 55.9 cm³/mol. The van der Waals surface area contributed by atoms with Gasteiger partial charge in [-0.1, -0.05) is 0 Å². The number of thiophene rings is 1. The Morgan fingerprint density at radius 1 is 1.29 bits per heavy atom. The zero-order chi connectivity index (χ0) is 9.73. The topological polar surface area (TPSA) is 27.7 Å². The van der Waals surface area contributed by atoms with E-state index in [4.69, 9.17) is 13.3 Å². The van der Waals surface area contributed by atoms with Gasteiger partial charge in [-0.2, -0.15) is 11.3 Å². The molecule has 0 radical (unpaired) electrons. The first kappa shape index (κ1) is 15.4. The number of hydrogen-bond acceptors (Lipinski definition) is 4.